The molecule has 0 aromatic heterocycles. The van der Waals surface area contributed by atoms with E-state index >= 15 is 0 Å². The maximum absolute atomic E-state index is 12.2. The Morgan fingerprint density at radius 2 is 2.10 bits per heavy atom. The van der Waals surface area contributed by atoms with Gasteiger partial charge in [0, 0.05) is 6.04 Å². The Balaban J connectivity index is 3.26. The molecule has 2 atom stereocenters. The van der Waals surface area contributed by atoms with Gasteiger partial charge in [-0.15, -0.1) is 0 Å². The molecule has 0 fully saturated rings. The van der Waals surface area contributed by atoms with Crippen LogP contribution >= 0.6 is 0 Å². The van der Waals surface area contributed by atoms with Crippen molar-refractivity contribution < 1.29 is 19.4 Å². The quantitative estimate of drug-likeness (QED) is 0.782. The van der Waals surface area contributed by atoms with Crippen LogP contribution in [0.4, 0.5) is 0 Å². The van der Waals surface area contributed by atoms with Gasteiger partial charge in [0.05, 0.1) is 14.2 Å². The molecule has 2 N–H and O–H groups in total. The van der Waals surface area contributed by atoms with Crippen molar-refractivity contribution in [1.29, 1.82) is 0 Å². The van der Waals surface area contributed by atoms with E-state index in [1.165, 1.54) is 20.3 Å². The van der Waals surface area contributed by atoms with Crippen LogP contribution in [0.3, 0.4) is 0 Å². The van der Waals surface area contributed by atoms with Crippen molar-refractivity contribution in [2.24, 2.45) is 0 Å². The number of ether oxygens (including phenoxy) is 2. The molecule has 112 valence electrons. The SMILES string of the molecule is CCC(C)NC(C)(C(=O)OC)c1ccc(O)c(OC)c1. The number of esters is 1. The first-order valence-corrected chi connectivity index (χ1v) is 6.62. The van der Waals surface area contributed by atoms with Crippen molar-refractivity contribution in [2.45, 2.75) is 38.8 Å². The lowest BCUT2D eigenvalue weighted by Crippen LogP contribution is -2.51. The number of hydrogen-bond donors (Lipinski definition) is 2. The van der Waals surface area contributed by atoms with Crippen LogP contribution in [-0.2, 0) is 15.1 Å². The van der Waals surface area contributed by atoms with E-state index in [2.05, 4.69) is 5.32 Å². The highest BCUT2D eigenvalue weighted by atomic mass is 16.5. The highest BCUT2D eigenvalue weighted by Crippen LogP contribution is 2.32. The van der Waals surface area contributed by atoms with E-state index in [9.17, 15) is 9.90 Å². The van der Waals surface area contributed by atoms with Crippen LogP contribution in [0, 0.1) is 0 Å². The summed E-state index contributed by atoms with van der Waals surface area (Å²) in [5, 5.41) is 12.9. The van der Waals surface area contributed by atoms with Gasteiger partial charge in [-0.05, 0) is 38.0 Å². The Morgan fingerprint density at radius 1 is 1.45 bits per heavy atom. The van der Waals surface area contributed by atoms with Crippen LogP contribution in [0.5, 0.6) is 11.5 Å². The molecule has 0 saturated heterocycles. The maximum Gasteiger partial charge on any atom is 0.330 e. The summed E-state index contributed by atoms with van der Waals surface area (Å²) in [6, 6.07) is 4.97. The topological polar surface area (TPSA) is 67.8 Å². The van der Waals surface area contributed by atoms with E-state index in [1.54, 1.807) is 19.1 Å². The number of methoxy groups -OCH3 is 2. The molecule has 0 spiro atoms. The first-order valence-electron chi connectivity index (χ1n) is 6.62. The second-order valence-corrected chi connectivity index (χ2v) is 4.96. The van der Waals surface area contributed by atoms with Gasteiger partial charge >= 0.3 is 5.97 Å². The van der Waals surface area contributed by atoms with Gasteiger partial charge in [0.25, 0.3) is 0 Å². The fourth-order valence-corrected chi connectivity index (χ4v) is 2.05. The zero-order valence-corrected chi connectivity index (χ0v) is 12.7. The summed E-state index contributed by atoms with van der Waals surface area (Å²) >= 11 is 0. The van der Waals surface area contributed by atoms with E-state index in [0.29, 0.717) is 11.3 Å². The second-order valence-electron chi connectivity index (χ2n) is 4.96. The smallest absolute Gasteiger partial charge is 0.330 e. The minimum Gasteiger partial charge on any atom is -0.504 e. The molecule has 0 radical (unpaired) electrons. The van der Waals surface area contributed by atoms with Crippen LogP contribution in [0.1, 0.15) is 32.8 Å². The molecule has 5 nitrogen and oxygen atoms in total. The molecule has 5 heteroatoms. The predicted molar refractivity (Wildman–Crippen MR) is 76.9 cm³/mol. The fourth-order valence-electron chi connectivity index (χ4n) is 2.05. The molecule has 0 saturated carbocycles. The minimum absolute atomic E-state index is 0.0343. The lowest BCUT2D eigenvalue weighted by Gasteiger charge is -2.31. The molecule has 0 amide bonds. The monoisotopic (exact) mass is 281 g/mol. The summed E-state index contributed by atoms with van der Waals surface area (Å²) in [7, 11) is 2.83. The first kappa shape index (κ1) is 16.3. The lowest BCUT2D eigenvalue weighted by molar-refractivity contribution is -0.148. The van der Waals surface area contributed by atoms with E-state index in [4.69, 9.17) is 9.47 Å². The number of hydrogen-bond acceptors (Lipinski definition) is 5. The first-order chi connectivity index (χ1) is 9.38. The van der Waals surface area contributed by atoms with Crippen molar-refractivity contribution in [2.75, 3.05) is 14.2 Å². The molecular weight excluding hydrogens is 258 g/mol. The molecule has 0 aliphatic carbocycles. The molecule has 0 heterocycles. The molecule has 1 aromatic rings. The van der Waals surface area contributed by atoms with Crippen molar-refractivity contribution >= 4 is 5.97 Å². The molecular formula is C15H23NO4. The summed E-state index contributed by atoms with van der Waals surface area (Å²) in [6.07, 6.45) is 0.877. The number of phenols is 1. The van der Waals surface area contributed by atoms with Gasteiger partial charge in [-0.25, -0.2) is 4.79 Å². The number of nitrogens with one attached hydrogen (secondary N) is 1. The Morgan fingerprint density at radius 3 is 2.60 bits per heavy atom. The summed E-state index contributed by atoms with van der Waals surface area (Å²) < 4.78 is 10.0. The Labute approximate surface area is 119 Å². The van der Waals surface area contributed by atoms with Gasteiger partial charge in [0.1, 0.15) is 5.54 Å². The third kappa shape index (κ3) is 3.22. The third-order valence-corrected chi connectivity index (χ3v) is 3.50. The van der Waals surface area contributed by atoms with Crippen LogP contribution in [-0.4, -0.2) is 31.3 Å². The Kier molecular flexibility index (Phi) is 5.39. The number of benzene rings is 1. The molecule has 0 bridgehead atoms. The highest BCUT2D eigenvalue weighted by Gasteiger charge is 2.37. The summed E-state index contributed by atoms with van der Waals surface area (Å²) in [5.41, 5.74) is -0.315. The second kappa shape index (κ2) is 6.61. The van der Waals surface area contributed by atoms with Gasteiger partial charge in [-0.3, -0.25) is 5.32 Å². The average Bonchev–Trinajstić information content (AvgIpc) is 2.46. The molecule has 0 aliphatic heterocycles. The zero-order valence-electron chi connectivity index (χ0n) is 12.7. The number of carbonyl (C=O) groups excluding carboxylic acids is 1. The van der Waals surface area contributed by atoms with Crippen LogP contribution in [0.2, 0.25) is 0 Å². The molecule has 20 heavy (non-hydrogen) atoms. The molecule has 1 rings (SSSR count). The number of carbonyl (C=O) groups is 1. The Bertz CT molecular complexity index is 475. The molecule has 0 aliphatic rings. The normalized spacial score (nSPS) is 15.2. The summed E-state index contributed by atoms with van der Waals surface area (Å²) in [6.45, 7) is 5.79. The third-order valence-electron chi connectivity index (χ3n) is 3.50. The number of aromatic hydroxyl groups is 1. The number of rotatable bonds is 6. The van der Waals surface area contributed by atoms with E-state index in [0.717, 1.165) is 6.42 Å². The molecule has 1 aromatic carbocycles. The van der Waals surface area contributed by atoms with Gasteiger partial charge in [0.2, 0.25) is 0 Å². The standard InChI is InChI=1S/C15H23NO4/c1-6-10(2)16-15(3,14(18)20-5)11-7-8-12(17)13(9-11)19-4/h7-10,16-17H,6H2,1-5H3. The van der Waals surface area contributed by atoms with Crippen molar-refractivity contribution in [3.05, 3.63) is 23.8 Å². The van der Waals surface area contributed by atoms with Crippen molar-refractivity contribution in [3.63, 3.8) is 0 Å². The van der Waals surface area contributed by atoms with E-state index < -0.39 is 5.54 Å². The Hall–Kier alpha value is -1.75. The van der Waals surface area contributed by atoms with E-state index in [-0.39, 0.29) is 17.8 Å². The molecule has 2 unspecified atom stereocenters. The van der Waals surface area contributed by atoms with Crippen LogP contribution in [0.15, 0.2) is 18.2 Å². The van der Waals surface area contributed by atoms with Gasteiger partial charge in [0.15, 0.2) is 11.5 Å². The summed E-state index contributed by atoms with van der Waals surface area (Å²) in [5.74, 6) is -0.0267. The zero-order chi connectivity index (χ0) is 15.3. The average molecular weight is 281 g/mol. The highest BCUT2D eigenvalue weighted by molar-refractivity contribution is 5.82. The van der Waals surface area contributed by atoms with Crippen LogP contribution in [0.25, 0.3) is 0 Å². The largest absolute Gasteiger partial charge is 0.504 e. The lowest BCUT2D eigenvalue weighted by atomic mass is 9.90. The van der Waals surface area contributed by atoms with Crippen molar-refractivity contribution in [1.82, 2.24) is 5.32 Å². The van der Waals surface area contributed by atoms with Gasteiger partial charge in [-0.2, -0.15) is 0 Å². The predicted octanol–water partition coefficient (Wildman–Crippen LogP) is 2.18. The van der Waals surface area contributed by atoms with Crippen molar-refractivity contribution in [3.8, 4) is 11.5 Å². The van der Waals surface area contributed by atoms with Gasteiger partial charge < -0.3 is 14.6 Å². The number of phenolic OH excluding ortho intramolecular Hbond substituents is 1. The summed E-state index contributed by atoms with van der Waals surface area (Å²) in [4.78, 5) is 12.2. The van der Waals surface area contributed by atoms with E-state index in [1.807, 2.05) is 13.8 Å². The minimum atomic E-state index is -0.995. The van der Waals surface area contributed by atoms with Gasteiger partial charge in [-0.1, -0.05) is 13.0 Å². The maximum atomic E-state index is 12.2. The fraction of sp³-hybridized carbons (Fsp3) is 0.533. The van der Waals surface area contributed by atoms with Crippen LogP contribution < -0.4 is 10.1 Å².